The summed E-state index contributed by atoms with van der Waals surface area (Å²) < 4.78 is 12.9. The van der Waals surface area contributed by atoms with Gasteiger partial charge in [0.15, 0.2) is 0 Å². The van der Waals surface area contributed by atoms with Crippen molar-refractivity contribution in [2.24, 2.45) is 0 Å². The number of nitrogens with zero attached hydrogens (tertiary/aromatic N) is 2. The number of aromatic nitrogens is 1. The molecular formula is C16H13FN2. The van der Waals surface area contributed by atoms with Crippen LogP contribution in [0.25, 0.3) is 0 Å². The van der Waals surface area contributed by atoms with Crippen LogP contribution in [0.3, 0.4) is 0 Å². The summed E-state index contributed by atoms with van der Waals surface area (Å²) in [6.45, 7) is 0. The van der Waals surface area contributed by atoms with Crippen LogP contribution in [0.2, 0.25) is 0 Å². The molecule has 1 aromatic carbocycles. The first kappa shape index (κ1) is 11.9. The molecule has 0 N–H and O–H groups in total. The third-order valence-corrected chi connectivity index (χ3v) is 3.45. The zero-order valence-electron chi connectivity index (χ0n) is 10.4. The summed E-state index contributed by atoms with van der Waals surface area (Å²) in [5, 5.41) is 9.11. The van der Waals surface area contributed by atoms with Crippen molar-refractivity contribution in [1.82, 2.24) is 4.98 Å². The highest BCUT2D eigenvalue weighted by atomic mass is 19.1. The molecule has 3 rings (SSSR count). The summed E-state index contributed by atoms with van der Waals surface area (Å²) in [6, 6.07) is 10.6. The van der Waals surface area contributed by atoms with Crippen LogP contribution < -0.4 is 0 Å². The summed E-state index contributed by atoms with van der Waals surface area (Å²) in [7, 11) is 0. The van der Waals surface area contributed by atoms with Crippen LogP contribution >= 0.6 is 0 Å². The maximum absolute atomic E-state index is 12.9. The zero-order chi connectivity index (χ0) is 13.2. The van der Waals surface area contributed by atoms with Crippen LogP contribution in [0.1, 0.15) is 41.1 Å². The maximum atomic E-state index is 12.9. The number of benzene rings is 1. The molecule has 94 valence electrons. The van der Waals surface area contributed by atoms with E-state index in [1.54, 1.807) is 12.1 Å². The minimum Gasteiger partial charge on any atom is -0.245 e. The number of nitriles is 1. The first-order valence-electron chi connectivity index (χ1n) is 6.39. The molecule has 0 spiro atoms. The molecule has 0 atom stereocenters. The molecule has 1 heterocycles. The highest BCUT2D eigenvalue weighted by Gasteiger charge is 2.24. The van der Waals surface area contributed by atoms with Crippen LogP contribution in [0.5, 0.6) is 0 Å². The van der Waals surface area contributed by atoms with E-state index in [4.69, 9.17) is 5.26 Å². The van der Waals surface area contributed by atoms with Gasteiger partial charge in [0.25, 0.3) is 0 Å². The molecule has 0 bridgehead atoms. The second kappa shape index (κ2) is 4.81. The second-order valence-corrected chi connectivity index (χ2v) is 4.97. The van der Waals surface area contributed by atoms with E-state index in [9.17, 15) is 4.39 Å². The van der Waals surface area contributed by atoms with Gasteiger partial charge in [0.05, 0.1) is 0 Å². The van der Waals surface area contributed by atoms with E-state index in [2.05, 4.69) is 17.1 Å². The number of pyridine rings is 1. The maximum Gasteiger partial charge on any atom is 0.143 e. The van der Waals surface area contributed by atoms with Crippen molar-refractivity contribution in [2.45, 2.75) is 25.2 Å². The van der Waals surface area contributed by atoms with Crippen LogP contribution in [0, 0.1) is 17.1 Å². The quantitative estimate of drug-likeness (QED) is 0.837. The second-order valence-electron chi connectivity index (χ2n) is 4.97. The van der Waals surface area contributed by atoms with Crippen LogP contribution in [0.15, 0.2) is 36.5 Å². The molecule has 0 aliphatic heterocycles. The van der Waals surface area contributed by atoms with Crippen LogP contribution in [0.4, 0.5) is 4.39 Å². The lowest BCUT2D eigenvalue weighted by Gasteiger charge is -2.06. The Labute approximate surface area is 111 Å². The SMILES string of the molecule is N#Cc1ncc(C2CC2)cc1Cc1ccc(F)cc1. The van der Waals surface area contributed by atoms with Gasteiger partial charge in [-0.15, -0.1) is 0 Å². The zero-order valence-corrected chi connectivity index (χ0v) is 10.4. The molecule has 0 radical (unpaired) electrons. The van der Waals surface area contributed by atoms with Crippen molar-refractivity contribution in [3.05, 3.63) is 64.7 Å². The predicted molar refractivity (Wildman–Crippen MR) is 70.1 cm³/mol. The smallest absolute Gasteiger partial charge is 0.143 e. The highest BCUT2D eigenvalue weighted by molar-refractivity contribution is 5.39. The third-order valence-electron chi connectivity index (χ3n) is 3.45. The monoisotopic (exact) mass is 252 g/mol. The van der Waals surface area contributed by atoms with Gasteiger partial charge >= 0.3 is 0 Å². The van der Waals surface area contributed by atoms with Gasteiger partial charge in [-0.25, -0.2) is 9.37 Å². The van der Waals surface area contributed by atoms with E-state index in [1.807, 2.05) is 6.20 Å². The van der Waals surface area contributed by atoms with Gasteiger partial charge in [-0.3, -0.25) is 0 Å². The average Bonchev–Trinajstić information content (AvgIpc) is 3.26. The summed E-state index contributed by atoms with van der Waals surface area (Å²) >= 11 is 0. The molecule has 0 unspecified atom stereocenters. The normalized spacial score (nSPS) is 14.1. The van der Waals surface area contributed by atoms with Crippen molar-refractivity contribution in [3.8, 4) is 6.07 Å². The van der Waals surface area contributed by atoms with E-state index in [0.29, 0.717) is 18.0 Å². The largest absolute Gasteiger partial charge is 0.245 e. The van der Waals surface area contributed by atoms with E-state index in [1.165, 1.54) is 30.5 Å². The Bertz CT molecular complexity index is 637. The third kappa shape index (κ3) is 2.63. The molecule has 1 aliphatic carbocycles. The molecule has 2 aromatic rings. The van der Waals surface area contributed by atoms with Crippen molar-refractivity contribution in [1.29, 1.82) is 5.26 Å². The van der Waals surface area contributed by atoms with Crippen molar-refractivity contribution in [3.63, 3.8) is 0 Å². The van der Waals surface area contributed by atoms with Gasteiger partial charge in [-0.05, 0) is 47.6 Å². The average molecular weight is 252 g/mol. The van der Waals surface area contributed by atoms with E-state index >= 15 is 0 Å². The molecule has 1 saturated carbocycles. The van der Waals surface area contributed by atoms with Gasteiger partial charge in [-0.1, -0.05) is 18.2 Å². The van der Waals surface area contributed by atoms with Crippen molar-refractivity contribution >= 4 is 0 Å². The molecule has 1 aliphatic rings. The minimum atomic E-state index is -0.242. The molecule has 19 heavy (non-hydrogen) atoms. The Hall–Kier alpha value is -2.21. The summed E-state index contributed by atoms with van der Waals surface area (Å²) in [6.07, 6.45) is 4.86. The lowest BCUT2D eigenvalue weighted by Crippen LogP contribution is -1.98. The minimum absolute atomic E-state index is 0.242. The molecule has 2 nitrogen and oxygen atoms in total. The van der Waals surface area contributed by atoms with E-state index in [0.717, 1.165) is 11.1 Å². The van der Waals surface area contributed by atoms with Gasteiger partial charge in [0.2, 0.25) is 0 Å². The van der Waals surface area contributed by atoms with Gasteiger partial charge in [0, 0.05) is 12.6 Å². The number of hydrogen-bond acceptors (Lipinski definition) is 2. The van der Waals surface area contributed by atoms with Crippen molar-refractivity contribution < 1.29 is 4.39 Å². The van der Waals surface area contributed by atoms with Gasteiger partial charge < -0.3 is 0 Å². The summed E-state index contributed by atoms with van der Waals surface area (Å²) in [5.74, 6) is 0.376. The fraction of sp³-hybridized carbons (Fsp3) is 0.250. The fourth-order valence-corrected chi connectivity index (χ4v) is 2.23. The molecule has 1 fully saturated rings. The van der Waals surface area contributed by atoms with Gasteiger partial charge in [-0.2, -0.15) is 5.26 Å². The molecular weight excluding hydrogens is 239 g/mol. The standard InChI is InChI=1S/C16H13FN2/c17-15-5-1-11(2-6-15)7-13-8-14(12-3-4-12)10-19-16(13)9-18/h1-2,5-6,8,10,12H,3-4,7H2. The van der Waals surface area contributed by atoms with E-state index in [-0.39, 0.29) is 5.82 Å². The molecule has 0 amide bonds. The summed E-state index contributed by atoms with van der Waals surface area (Å²) in [5.41, 5.74) is 3.61. The predicted octanol–water partition coefficient (Wildman–Crippen LogP) is 3.56. The number of rotatable bonds is 3. The Morgan fingerprint density at radius 3 is 2.63 bits per heavy atom. The Balaban J connectivity index is 1.91. The number of hydrogen-bond donors (Lipinski definition) is 0. The molecule has 0 saturated heterocycles. The Morgan fingerprint density at radius 2 is 2.00 bits per heavy atom. The lowest BCUT2D eigenvalue weighted by molar-refractivity contribution is 0.627. The fourth-order valence-electron chi connectivity index (χ4n) is 2.23. The Morgan fingerprint density at radius 1 is 1.26 bits per heavy atom. The van der Waals surface area contributed by atoms with Crippen molar-refractivity contribution in [2.75, 3.05) is 0 Å². The molecule has 1 aromatic heterocycles. The highest BCUT2D eigenvalue weighted by Crippen LogP contribution is 2.40. The van der Waals surface area contributed by atoms with Crippen LogP contribution in [-0.2, 0) is 6.42 Å². The first-order valence-corrected chi connectivity index (χ1v) is 6.39. The lowest BCUT2D eigenvalue weighted by atomic mass is 10.0. The first-order chi connectivity index (χ1) is 9.26. The van der Waals surface area contributed by atoms with E-state index < -0.39 is 0 Å². The summed E-state index contributed by atoms with van der Waals surface area (Å²) in [4.78, 5) is 4.24. The molecule has 3 heteroatoms. The Kier molecular flexibility index (Phi) is 3.00. The van der Waals surface area contributed by atoms with Gasteiger partial charge in [0.1, 0.15) is 17.6 Å². The topological polar surface area (TPSA) is 36.7 Å². The number of halogens is 1. The van der Waals surface area contributed by atoms with Crippen LogP contribution in [-0.4, -0.2) is 4.98 Å².